The predicted octanol–water partition coefficient (Wildman–Crippen LogP) is 3.38. The molecule has 2 aromatic carbocycles. The SMILES string of the molecule is CCOc1ccc(Oc2ccccc2CCN)cc1. The lowest BCUT2D eigenvalue weighted by Gasteiger charge is -2.11. The average molecular weight is 257 g/mol. The molecule has 0 spiro atoms. The van der Waals surface area contributed by atoms with Crippen molar-refractivity contribution in [1.82, 2.24) is 0 Å². The first-order valence-electron chi connectivity index (χ1n) is 6.52. The molecule has 3 nitrogen and oxygen atoms in total. The molecule has 0 bridgehead atoms. The molecule has 0 heterocycles. The van der Waals surface area contributed by atoms with E-state index in [1.54, 1.807) is 0 Å². The number of rotatable bonds is 6. The molecule has 0 atom stereocenters. The van der Waals surface area contributed by atoms with Crippen LogP contribution in [-0.2, 0) is 6.42 Å². The Hall–Kier alpha value is -2.00. The normalized spacial score (nSPS) is 10.2. The predicted molar refractivity (Wildman–Crippen MR) is 76.9 cm³/mol. The smallest absolute Gasteiger partial charge is 0.130 e. The van der Waals surface area contributed by atoms with Gasteiger partial charge in [-0.15, -0.1) is 0 Å². The molecule has 2 rings (SSSR count). The molecule has 0 aliphatic heterocycles. The van der Waals surface area contributed by atoms with Crippen LogP contribution in [0.15, 0.2) is 48.5 Å². The van der Waals surface area contributed by atoms with Crippen molar-refractivity contribution in [3.63, 3.8) is 0 Å². The van der Waals surface area contributed by atoms with Crippen molar-refractivity contribution in [1.29, 1.82) is 0 Å². The third-order valence-corrected chi connectivity index (χ3v) is 2.75. The third-order valence-electron chi connectivity index (χ3n) is 2.75. The Morgan fingerprint density at radius 2 is 1.63 bits per heavy atom. The number of hydrogen-bond donors (Lipinski definition) is 1. The van der Waals surface area contributed by atoms with Crippen molar-refractivity contribution in [2.24, 2.45) is 5.73 Å². The Bertz CT molecular complexity index is 508. The van der Waals surface area contributed by atoms with Crippen LogP contribution in [0, 0.1) is 0 Å². The van der Waals surface area contributed by atoms with Gasteiger partial charge in [0.1, 0.15) is 17.2 Å². The van der Waals surface area contributed by atoms with Gasteiger partial charge in [-0.05, 0) is 55.8 Å². The second kappa shape index (κ2) is 6.81. The fourth-order valence-electron chi connectivity index (χ4n) is 1.86. The molecule has 100 valence electrons. The van der Waals surface area contributed by atoms with Gasteiger partial charge in [-0.2, -0.15) is 0 Å². The van der Waals surface area contributed by atoms with Crippen LogP contribution in [0.25, 0.3) is 0 Å². The zero-order chi connectivity index (χ0) is 13.5. The molecule has 0 aliphatic rings. The Morgan fingerprint density at radius 3 is 2.32 bits per heavy atom. The minimum Gasteiger partial charge on any atom is -0.494 e. The highest BCUT2D eigenvalue weighted by atomic mass is 16.5. The van der Waals surface area contributed by atoms with Crippen LogP contribution in [0.5, 0.6) is 17.2 Å². The van der Waals surface area contributed by atoms with E-state index in [4.69, 9.17) is 15.2 Å². The Kier molecular flexibility index (Phi) is 4.81. The van der Waals surface area contributed by atoms with Gasteiger partial charge in [0.25, 0.3) is 0 Å². The van der Waals surface area contributed by atoms with Gasteiger partial charge in [0.15, 0.2) is 0 Å². The van der Waals surface area contributed by atoms with Crippen LogP contribution < -0.4 is 15.2 Å². The van der Waals surface area contributed by atoms with Gasteiger partial charge >= 0.3 is 0 Å². The number of para-hydroxylation sites is 1. The maximum absolute atomic E-state index is 5.88. The summed E-state index contributed by atoms with van der Waals surface area (Å²) in [4.78, 5) is 0. The molecule has 0 aromatic heterocycles. The fourth-order valence-corrected chi connectivity index (χ4v) is 1.86. The van der Waals surface area contributed by atoms with Crippen LogP contribution in [0.2, 0.25) is 0 Å². The summed E-state index contributed by atoms with van der Waals surface area (Å²) < 4.78 is 11.3. The van der Waals surface area contributed by atoms with Gasteiger partial charge < -0.3 is 15.2 Å². The quantitative estimate of drug-likeness (QED) is 0.862. The highest BCUT2D eigenvalue weighted by Gasteiger charge is 2.03. The monoisotopic (exact) mass is 257 g/mol. The molecular weight excluding hydrogens is 238 g/mol. The van der Waals surface area contributed by atoms with E-state index < -0.39 is 0 Å². The summed E-state index contributed by atoms with van der Waals surface area (Å²) in [6.07, 6.45) is 0.813. The van der Waals surface area contributed by atoms with E-state index in [1.165, 1.54) is 0 Å². The summed E-state index contributed by atoms with van der Waals surface area (Å²) in [7, 11) is 0. The first kappa shape index (κ1) is 13.4. The number of ether oxygens (including phenoxy) is 2. The van der Waals surface area contributed by atoms with Crippen molar-refractivity contribution in [2.45, 2.75) is 13.3 Å². The lowest BCUT2D eigenvalue weighted by atomic mass is 10.1. The topological polar surface area (TPSA) is 44.5 Å². The highest BCUT2D eigenvalue weighted by molar-refractivity contribution is 5.39. The van der Waals surface area contributed by atoms with Gasteiger partial charge in [0.2, 0.25) is 0 Å². The summed E-state index contributed by atoms with van der Waals surface area (Å²) >= 11 is 0. The van der Waals surface area contributed by atoms with Gasteiger partial charge in [0, 0.05) is 0 Å². The molecule has 0 saturated carbocycles. The van der Waals surface area contributed by atoms with Gasteiger partial charge in [-0.3, -0.25) is 0 Å². The van der Waals surface area contributed by atoms with Crippen LogP contribution >= 0.6 is 0 Å². The molecule has 0 saturated heterocycles. The molecule has 3 heteroatoms. The van der Waals surface area contributed by atoms with Gasteiger partial charge in [-0.25, -0.2) is 0 Å². The summed E-state index contributed by atoms with van der Waals surface area (Å²) in [6, 6.07) is 15.6. The van der Waals surface area contributed by atoms with Crippen LogP contribution in [0.3, 0.4) is 0 Å². The van der Waals surface area contributed by atoms with Crippen molar-refractivity contribution >= 4 is 0 Å². The van der Waals surface area contributed by atoms with E-state index in [0.29, 0.717) is 13.2 Å². The average Bonchev–Trinajstić information content (AvgIpc) is 2.44. The van der Waals surface area contributed by atoms with Crippen LogP contribution in [0.1, 0.15) is 12.5 Å². The van der Waals surface area contributed by atoms with E-state index in [1.807, 2.05) is 55.5 Å². The third kappa shape index (κ3) is 3.73. The first-order chi connectivity index (χ1) is 9.33. The maximum Gasteiger partial charge on any atom is 0.130 e. The zero-order valence-electron chi connectivity index (χ0n) is 11.1. The van der Waals surface area contributed by atoms with E-state index in [0.717, 1.165) is 29.2 Å². The second-order valence-corrected chi connectivity index (χ2v) is 4.15. The van der Waals surface area contributed by atoms with Crippen LogP contribution in [0.4, 0.5) is 0 Å². The molecule has 2 aromatic rings. The summed E-state index contributed by atoms with van der Waals surface area (Å²) in [5.74, 6) is 2.51. The van der Waals surface area contributed by atoms with Crippen LogP contribution in [-0.4, -0.2) is 13.2 Å². The fraction of sp³-hybridized carbons (Fsp3) is 0.250. The number of hydrogen-bond acceptors (Lipinski definition) is 3. The van der Waals surface area contributed by atoms with Crippen molar-refractivity contribution < 1.29 is 9.47 Å². The number of benzene rings is 2. The van der Waals surface area contributed by atoms with Crippen molar-refractivity contribution in [3.05, 3.63) is 54.1 Å². The minimum atomic E-state index is 0.615. The molecule has 0 unspecified atom stereocenters. The molecule has 19 heavy (non-hydrogen) atoms. The van der Waals surface area contributed by atoms with E-state index in [-0.39, 0.29) is 0 Å². The standard InChI is InChI=1S/C16H19NO2/c1-2-18-14-7-9-15(10-8-14)19-16-6-4-3-5-13(16)11-12-17/h3-10H,2,11-12,17H2,1H3. The van der Waals surface area contributed by atoms with Crippen molar-refractivity contribution in [2.75, 3.05) is 13.2 Å². The molecule has 0 radical (unpaired) electrons. The lowest BCUT2D eigenvalue weighted by molar-refractivity contribution is 0.339. The molecule has 2 N–H and O–H groups in total. The maximum atomic E-state index is 5.88. The van der Waals surface area contributed by atoms with Gasteiger partial charge in [0.05, 0.1) is 6.61 Å². The van der Waals surface area contributed by atoms with Gasteiger partial charge in [-0.1, -0.05) is 18.2 Å². The Labute approximate surface area is 114 Å². The van der Waals surface area contributed by atoms with E-state index in [2.05, 4.69) is 0 Å². The number of nitrogens with two attached hydrogens (primary N) is 1. The van der Waals surface area contributed by atoms with Crippen molar-refractivity contribution in [3.8, 4) is 17.2 Å². The minimum absolute atomic E-state index is 0.615. The molecule has 0 aliphatic carbocycles. The second-order valence-electron chi connectivity index (χ2n) is 4.15. The molecular formula is C16H19NO2. The molecule has 0 amide bonds. The lowest BCUT2D eigenvalue weighted by Crippen LogP contribution is -2.03. The Morgan fingerprint density at radius 1 is 0.947 bits per heavy atom. The van der Waals surface area contributed by atoms with E-state index >= 15 is 0 Å². The first-order valence-corrected chi connectivity index (χ1v) is 6.52. The summed E-state index contributed by atoms with van der Waals surface area (Å²) in [5, 5.41) is 0. The molecule has 0 fully saturated rings. The summed E-state index contributed by atoms with van der Waals surface area (Å²) in [6.45, 7) is 3.25. The highest BCUT2D eigenvalue weighted by Crippen LogP contribution is 2.26. The zero-order valence-corrected chi connectivity index (χ0v) is 11.1. The van der Waals surface area contributed by atoms with E-state index in [9.17, 15) is 0 Å². The summed E-state index contributed by atoms with van der Waals surface area (Å²) in [5.41, 5.74) is 6.73. The largest absolute Gasteiger partial charge is 0.494 e. The Balaban J connectivity index is 2.12.